The van der Waals surface area contributed by atoms with Crippen LogP contribution in [0.3, 0.4) is 0 Å². The highest BCUT2D eigenvalue weighted by molar-refractivity contribution is 8.18. The van der Waals surface area contributed by atoms with Crippen molar-refractivity contribution in [3.63, 3.8) is 0 Å². The third kappa shape index (κ3) is 5.72. The highest BCUT2D eigenvalue weighted by Crippen LogP contribution is 2.37. The molecule has 2 saturated heterocycles. The van der Waals surface area contributed by atoms with Gasteiger partial charge in [-0.15, -0.1) is 0 Å². The molecule has 1 N–H and O–H groups in total. The average molecular weight is 510 g/mol. The average Bonchev–Trinajstić information content (AvgIpc) is 3.15. The molecule has 0 aliphatic carbocycles. The predicted molar refractivity (Wildman–Crippen MR) is 139 cm³/mol. The monoisotopic (exact) mass is 509 g/mol. The summed E-state index contributed by atoms with van der Waals surface area (Å²) in [5, 5.41) is 2.33. The smallest absolute Gasteiger partial charge is 0.294 e. The van der Waals surface area contributed by atoms with Gasteiger partial charge >= 0.3 is 0 Å². The van der Waals surface area contributed by atoms with Crippen molar-refractivity contribution >= 4 is 46.3 Å². The number of hydrogen-bond donors (Lipinski definition) is 1. The summed E-state index contributed by atoms with van der Waals surface area (Å²) in [6.45, 7) is 6.15. The first-order valence-electron chi connectivity index (χ1n) is 11.4. The molecule has 2 aromatic carbocycles. The van der Waals surface area contributed by atoms with Gasteiger partial charge in [-0.05, 0) is 36.0 Å². The van der Waals surface area contributed by atoms with Crippen LogP contribution < -0.4 is 19.7 Å². The molecule has 2 heterocycles. The van der Waals surface area contributed by atoms with E-state index in [9.17, 15) is 14.4 Å². The number of carbonyl (C=O) groups is 3. The first kappa shape index (κ1) is 25.3. The SMILES string of the molecule is C=CCOc1c(/C=C2\SC(=O)N(CC(=O)Nc3ccccc3N3CCOCC3)C2=O)cccc1OC. The molecule has 0 unspecified atom stereocenters. The Morgan fingerprint density at radius 2 is 1.94 bits per heavy atom. The van der Waals surface area contributed by atoms with E-state index in [0.29, 0.717) is 49.1 Å². The highest BCUT2D eigenvalue weighted by Gasteiger charge is 2.36. The molecule has 2 aromatic rings. The summed E-state index contributed by atoms with van der Waals surface area (Å²) in [6.07, 6.45) is 3.16. The normalized spacial score (nSPS) is 16.9. The van der Waals surface area contributed by atoms with E-state index in [2.05, 4.69) is 16.8 Å². The Morgan fingerprint density at radius 3 is 2.69 bits per heavy atom. The van der Waals surface area contributed by atoms with Crippen molar-refractivity contribution < 1.29 is 28.6 Å². The molecular formula is C26H27N3O6S. The maximum Gasteiger partial charge on any atom is 0.294 e. The highest BCUT2D eigenvalue weighted by atomic mass is 32.2. The van der Waals surface area contributed by atoms with E-state index in [-0.39, 0.29) is 11.5 Å². The zero-order chi connectivity index (χ0) is 25.5. The lowest BCUT2D eigenvalue weighted by Gasteiger charge is -2.30. The minimum atomic E-state index is -0.542. The quantitative estimate of drug-likeness (QED) is 0.403. The van der Waals surface area contributed by atoms with Gasteiger partial charge in [0.2, 0.25) is 5.91 Å². The number of amides is 3. The fraction of sp³-hybridized carbons (Fsp3) is 0.269. The number of carbonyl (C=O) groups excluding carboxylic acids is 3. The van der Waals surface area contributed by atoms with Gasteiger partial charge in [-0.3, -0.25) is 19.3 Å². The van der Waals surface area contributed by atoms with Crippen LogP contribution in [0.2, 0.25) is 0 Å². The van der Waals surface area contributed by atoms with Gasteiger partial charge in [-0.1, -0.05) is 36.9 Å². The maximum atomic E-state index is 13.0. The van der Waals surface area contributed by atoms with Crippen LogP contribution in [0.25, 0.3) is 6.08 Å². The molecule has 2 fully saturated rings. The van der Waals surface area contributed by atoms with Crippen LogP contribution in [-0.4, -0.2) is 68.5 Å². The number of anilines is 2. The summed E-state index contributed by atoms with van der Waals surface area (Å²) >= 11 is 0.777. The molecule has 2 aliphatic rings. The summed E-state index contributed by atoms with van der Waals surface area (Å²) in [4.78, 5) is 41.7. The second kappa shape index (κ2) is 11.8. The van der Waals surface area contributed by atoms with Crippen molar-refractivity contribution in [3.05, 3.63) is 65.6 Å². The number of nitrogens with one attached hydrogen (secondary N) is 1. The second-order valence-corrected chi connectivity index (χ2v) is 8.90. The number of benzene rings is 2. The van der Waals surface area contributed by atoms with Crippen LogP contribution in [0, 0.1) is 0 Å². The summed E-state index contributed by atoms with van der Waals surface area (Å²) < 4.78 is 16.5. The third-order valence-corrected chi connectivity index (χ3v) is 6.47. The van der Waals surface area contributed by atoms with Gasteiger partial charge < -0.3 is 24.4 Å². The number of morpholine rings is 1. The van der Waals surface area contributed by atoms with E-state index < -0.39 is 23.6 Å². The van der Waals surface area contributed by atoms with Crippen LogP contribution in [0.4, 0.5) is 16.2 Å². The molecule has 2 aliphatic heterocycles. The van der Waals surface area contributed by atoms with Crippen LogP contribution in [0.1, 0.15) is 5.56 Å². The Morgan fingerprint density at radius 1 is 1.17 bits per heavy atom. The number of imide groups is 1. The number of methoxy groups -OCH3 is 1. The molecular weight excluding hydrogens is 482 g/mol. The second-order valence-electron chi connectivity index (χ2n) is 7.91. The molecule has 36 heavy (non-hydrogen) atoms. The van der Waals surface area contributed by atoms with E-state index >= 15 is 0 Å². The third-order valence-electron chi connectivity index (χ3n) is 5.57. The minimum absolute atomic E-state index is 0.193. The van der Waals surface area contributed by atoms with E-state index in [1.807, 2.05) is 18.2 Å². The van der Waals surface area contributed by atoms with Crippen LogP contribution >= 0.6 is 11.8 Å². The molecule has 0 aromatic heterocycles. The first-order valence-corrected chi connectivity index (χ1v) is 12.2. The molecule has 10 heteroatoms. The number of thioether (sulfide) groups is 1. The number of rotatable bonds is 9. The van der Waals surface area contributed by atoms with E-state index in [4.69, 9.17) is 14.2 Å². The zero-order valence-corrected chi connectivity index (χ0v) is 20.7. The molecule has 188 valence electrons. The Bertz CT molecular complexity index is 1190. The lowest BCUT2D eigenvalue weighted by molar-refractivity contribution is -0.127. The molecule has 4 rings (SSSR count). The van der Waals surface area contributed by atoms with Gasteiger partial charge in [0.1, 0.15) is 13.2 Å². The number of hydrogen-bond acceptors (Lipinski definition) is 8. The fourth-order valence-electron chi connectivity index (χ4n) is 3.87. The molecule has 0 radical (unpaired) electrons. The van der Waals surface area contributed by atoms with Gasteiger partial charge in [-0.2, -0.15) is 0 Å². The lowest BCUT2D eigenvalue weighted by atomic mass is 10.1. The number of ether oxygens (including phenoxy) is 3. The first-order chi connectivity index (χ1) is 17.5. The van der Waals surface area contributed by atoms with E-state index in [1.54, 1.807) is 36.4 Å². The minimum Gasteiger partial charge on any atom is -0.493 e. The van der Waals surface area contributed by atoms with Crippen LogP contribution in [0.5, 0.6) is 11.5 Å². The molecule has 0 bridgehead atoms. The zero-order valence-electron chi connectivity index (χ0n) is 19.9. The topological polar surface area (TPSA) is 97.4 Å². The summed E-state index contributed by atoms with van der Waals surface area (Å²) in [5.41, 5.74) is 2.06. The predicted octanol–water partition coefficient (Wildman–Crippen LogP) is 3.77. The van der Waals surface area contributed by atoms with Crippen LogP contribution in [0.15, 0.2) is 60.0 Å². The lowest BCUT2D eigenvalue weighted by Crippen LogP contribution is -2.38. The summed E-state index contributed by atoms with van der Waals surface area (Å²) in [7, 11) is 1.52. The van der Waals surface area contributed by atoms with E-state index in [0.717, 1.165) is 22.3 Å². The van der Waals surface area contributed by atoms with Gasteiger partial charge in [0, 0.05) is 18.7 Å². The Kier molecular flexibility index (Phi) is 8.29. The van der Waals surface area contributed by atoms with E-state index in [1.165, 1.54) is 7.11 Å². The molecule has 0 atom stereocenters. The Hall–Kier alpha value is -3.76. The Labute approximate surface area is 213 Å². The molecule has 9 nitrogen and oxygen atoms in total. The van der Waals surface area contributed by atoms with Crippen molar-refractivity contribution in [3.8, 4) is 11.5 Å². The van der Waals surface area contributed by atoms with Crippen molar-refractivity contribution in [1.29, 1.82) is 0 Å². The van der Waals surface area contributed by atoms with Crippen molar-refractivity contribution in [2.24, 2.45) is 0 Å². The van der Waals surface area contributed by atoms with Crippen molar-refractivity contribution in [1.82, 2.24) is 4.90 Å². The number of nitrogens with zero attached hydrogens (tertiary/aromatic N) is 2. The maximum absolute atomic E-state index is 13.0. The molecule has 0 spiro atoms. The largest absolute Gasteiger partial charge is 0.493 e. The summed E-state index contributed by atoms with van der Waals surface area (Å²) in [5.74, 6) is -0.0814. The summed E-state index contributed by atoms with van der Waals surface area (Å²) in [6, 6.07) is 12.7. The van der Waals surface area contributed by atoms with Crippen molar-refractivity contribution in [2.75, 3.05) is 56.8 Å². The van der Waals surface area contributed by atoms with Crippen LogP contribution in [-0.2, 0) is 14.3 Å². The molecule has 0 saturated carbocycles. The van der Waals surface area contributed by atoms with Gasteiger partial charge in [0.15, 0.2) is 11.5 Å². The molecule has 3 amide bonds. The standard InChI is InChI=1S/C26H27N3O6S/c1-3-13-35-24-18(7-6-10-21(24)33-2)16-22-25(31)29(26(32)36-22)17-23(30)27-19-8-4-5-9-20(19)28-11-14-34-15-12-28/h3-10,16H,1,11-15,17H2,2H3,(H,27,30)/b22-16-. The number of para-hydroxylation sites is 3. The van der Waals surface area contributed by atoms with Crippen molar-refractivity contribution in [2.45, 2.75) is 0 Å². The Balaban J connectivity index is 1.48. The fourth-order valence-corrected chi connectivity index (χ4v) is 4.70. The van der Waals surface area contributed by atoms with Gasteiger partial charge in [0.25, 0.3) is 11.1 Å². The van der Waals surface area contributed by atoms with Gasteiger partial charge in [0.05, 0.1) is 36.6 Å². The van der Waals surface area contributed by atoms with Gasteiger partial charge in [-0.25, -0.2) is 0 Å².